The molecule has 0 aliphatic heterocycles. The topological polar surface area (TPSA) is 92.4 Å². The molecule has 0 aliphatic rings. The molecule has 1 aromatic rings. The Bertz CT molecular complexity index is 453. The monoisotopic (exact) mass is 336 g/mol. The summed E-state index contributed by atoms with van der Waals surface area (Å²) in [6, 6.07) is 3.93. The van der Waals surface area contributed by atoms with Crippen LogP contribution in [0.15, 0.2) is 28.6 Å². The molecule has 1 aromatic heterocycles. The molecule has 120 valence electrons. The number of furan rings is 1. The van der Waals surface area contributed by atoms with Gasteiger partial charge in [-0.3, -0.25) is 10.1 Å². The third-order valence-electron chi connectivity index (χ3n) is 2.38. The highest BCUT2D eigenvalue weighted by Gasteiger charge is 2.02. The first-order chi connectivity index (χ1) is 9.65. The zero-order chi connectivity index (χ0) is 14.8. The van der Waals surface area contributed by atoms with Crippen LogP contribution in [-0.2, 0) is 12.3 Å². The van der Waals surface area contributed by atoms with Crippen molar-refractivity contribution in [2.45, 2.75) is 12.3 Å². The van der Waals surface area contributed by atoms with Crippen LogP contribution in [0.4, 0.5) is 0 Å². The standard InChI is InChI=1S/C12H20N4O3S.ClH/c1-13-7-10-3-4-11(19-10)9-20-6-5-15-12(14-2)8-16(17)18;/h3-4,8,13-15H,5-7,9H2,1-2H3;1H/b12-8+;. The number of halogens is 1. The van der Waals surface area contributed by atoms with Crippen LogP contribution in [-0.4, -0.2) is 31.3 Å². The second-order valence-corrected chi connectivity index (χ2v) is 5.06. The van der Waals surface area contributed by atoms with Crippen LogP contribution in [0.3, 0.4) is 0 Å². The van der Waals surface area contributed by atoms with Gasteiger partial charge in [0.25, 0.3) is 6.20 Å². The predicted octanol–water partition coefficient (Wildman–Crippen LogP) is 1.54. The van der Waals surface area contributed by atoms with Crippen LogP contribution >= 0.6 is 24.2 Å². The summed E-state index contributed by atoms with van der Waals surface area (Å²) < 4.78 is 5.61. The Morgan fingerprint density at radius 2 is 2.14 bits per heavy atom. The van der Waals surface area contributed by atoms with E-state index in [4.69, 9.17) is 4.42 Å². The molecule has 7 nitrogen and oxygen atoms in total. The molecule has 0 aromatic carbocycles. The molecule has 3 N–H and O–H groups in total. The maximum absolute atomic E-state index is 10.3. The molecule has 0 bridgehead atoms. The summed E-state index contributed by atoms with van der Waals surface area (Å²) in [6.45, 7) is 1.37. The summed E-state index contributed by atoms with van der Waals surface area (Å²) in [4.78, 5) is 9.84. The summed E-state index contributed by atoms with van der Waals surface area (Å²) in [7, 11) is 3.52. The number of nitrogens with zero attached hydrogens (tertiary/aromatic N) is 1. The molecule has 0 fully saturated rings. The van der Waals surface area contributed by atoms with Crippen molar-refractivity contribution in [3.05, 3.63) is 45.8 Å². The van der Waals surface area contributed by atoms with Gasteiger partial charge in [-0.25, -0.2) is 0 Å². The van der Waals surface area contributed by atoms with E-state index in [1.165, 1.54) is 0 Å². The van der Waals surface area contributed by atoms with E-state index >= 15 is 0 Å². The van der Waals surface area contributed by atoms with Crippen molar-refractivity contribution < 1.29 is 9.34 Å². The van der Waals surface area contributed by atoms with Crippen molar-refractivity contribution in [3.63, 3.8) is 0 Å². The summed E-state index contributed by atoms with van der Waals surface area (Å²) >= 11 is 1.71. The molecule has 0 aliphatic carbocycles. The van der Waals surface area contributed by atoms with Gasteiger partial charge in [-0.2, -0.15) is 11.8 Å². The highest BCUT2D eigenvalue weighted by Crippen LogP contribution is 2.15. The van der Waals surface area contributed by atoms with E-state index in [9.17, 15) is 10.1 Å². The Balaban J connectivity index is 0.00000400. The maximum atomic E-state index is 10.3. The van der Waals surface area contributed by atoms with Crippen LogP contribution in [0.2, 0.25) is 0 Å². The molecule has 0 saturated heterocycles. The molecule has 0 amide bonds. The van der Waals surface area contributed by atoms with E-state index in [-0.39, 0.29) is 12.4 Å². The van der Waals surface area contributed by atoms with E-state index < -0.39 is 4.92 Å². The lowest BCUT2D eigenvalue weighted by Crippen LogP contribution is -2.26. The minimum Gasteiger partial charge on any atom is -0.464 e. The average Bonchev–Trinajstić information content (AvgIpc) is 2.84. The normalized spacial score (nSPS) is 10.9. The molecule has 0 atom stereocenters. The molecule has 0 unspecified atom stereocenters. The van der Waals surface area contributed by atoms with Crippen molar-refractivity contribution in [2.24, 2.45) is 0 Å². The molecular weight excluding hydrogens is 316 g/mol. The van der Waals surface area contributed by atoms with E-state index in [1.807, 2.05) is 19.2 Å². The van der Waals surface area contributed by atoms with Crippen molar-refractivity contribution in [3.8, 4) is 0 Å². The number of thioether (sulfide) groups is 1. The van der Waals surface area contributed by atoms with Crippen molar-refractivity contribution in [2.75, 3.05) is 26.4 Å². The first-order valence-electron chi connectivity index (χ1n) is 6.22. The van der Waals surface area contributed by atoms with Crippen LogP contribution in [0, 0.1) is 10.1 Å². The van der Waals surface area contributed by atoms with Gasteiger partial charge in [0.2, 0.25) is 0 Å². The van der Waals surface area contributed by atoms with Crippen molar-refractivity contribution >= 4 is 24.2 Å². The fourth-order valence-electron chi connectivity index (χ4n) is 1.50. The molecule has 0 saturated carbocycles. The van der Waals surface area contributed by atoms with Gasteiger partial charge in [0.15, 0.2) is 5.82 Å². The lowest BCUT2D eigenvalue weighted by atomic mass is 10.4. The van der Waals surface area contributed by atoms with Crippen LogP contribution in [0.25, 0.3) is 0 Å². The Labute approximate surface area is 134 Å². The molecule has 1 rings (SSSR count). The Kier molecular flexibility index (Phi) is 10.6. The largest absolute Gasteiger partial charge is 0.464 e. The van der Waals surface area contributed by atoms with Gasteiger partial charge in [-0.15, -0.1) is 12.4 Å². The van der Waals surface area contributed by atoms with E-state index in [0.717, 1.165) is 35.8 Å². The smallest absolute Gasteiger partial charge is 0.274 e. The van der Waals surface area contributed by atoms with E-state index in [2.05, 4.69) is 16.0 Å². The number of hydrogen-bond acceptors (Lipinski definition) is 7. The van der Waals surface area contributed by atoms with Gasteiger partial charge in [0.05, 0.1) is 17.2 Å². The number of nitrogens with one attached hydrogen (secondary N) is 3. The van der Waals surface area contributed by atoms with E-state index in [1.54, 1.807) is 18.8 Å². The van der Waals surface area contributed by atoms with Gasteiger partial charge in [-0.05, 0) is 19.2 Å². The van der Waals surface area contributed by atoms with Crippen LogP contribution < -0.4 is 16.0 Å². The molecule has 0 spiro atoms. The minimum atomic E-state index is -0.488. The fraction of sp³-hybridized carbons (Fsp3) is 0.500. The van der Waals surface area contributed by atoms with Crippen LogP contribution in [0.1, 0.15) is 11.5 Å². The number of rotatable bonds is 10. The number of nitro groups is 1. The second-order valence-electron chi connectivity index (χ2n) is 3.96. The summed E-state index contributed by atoms with van der Waals surface area (Å²) in [5.74, 6) is 3.89. The van der Waals surface area contributed by atoms with Gasteiger partial charge >= 0.3 is 0 Å². The summed E-state index contributed by atoms with van der Waals surface area (Å²) in [5.41, 5.74) is 0. The second kappa shape index (κ2) is 11.3. The minimum absolute atomic E-state index is 0. The Morgan fingerprint density at radius 1 is 1.43 bits per heavy atom. The molecule has 1 heterocycles. The Hall–Kier alpha value is -1.38. The third kappa shape index (κ3) is 8.49. The fourth-order valence-corrected chi connectivity index (χ4v) is 2.25. The van der Waals surface area contributed by atoms with Crippen LogP contribution in [0.5, 0.6) is 0 Å². The molecule has 21 heavy (non-hydrogen) atoms. The van der Waals surface area contributed by atoms with E-state index in [0.29, 0.717) is 12.4 Å². The third-order valence-corrected chi connectivity index (χ3v) is 3.36. The Morgan fingerprint density at radius 3 is 2.76 bits per heavy atom. The zero-order valence-corrected chi connectivity index (χ0v) is 13.7. The molecular formula is C12H21ClN4O3S. The molecule has 9 heteroatoms. The highest BCUT2D eigenvalue weighted by molar-refractivity contribution is 7.98. The maximum Gasteiger partial charge on any atom is 0.274 e. The van der Waals surface area contributed by atoms with Crippen molar-refractivity contribution in [1.82, 2.24) is 16.0 Å². The average molecular weight is 337 g/mol. The van der Waals surface area contributed by atoms with Gasteiger partial charge < -0.3 is 20.4 Å². The predicted molar refractivity (Wildman–Crippen MR) is 87.0 cm³/mol. The molecule has 0 radical (unpaired) electrons. The highest BCUT2D eigenvalue weighted by atomic mass is 35.5. The summed E-state index contributed by atoms with van der Waals surface area (Å²) in [6.07, 6.45) is 0.918. The van der Waals surface area contributed by atoms with Crippen molar-refractivity contribution in [1.29, 1.82) is 0 Å². The first-order valence-corrected chi connectivity index (χ1v) is 7.38. The quantitative estimate of drug-likeness (QED) is 0.339. The lowest BCUT2D eigenvalue weighted by Gasteiger charge is -2.07. The number of hydrogen-bond donors (Lipinski definition) is 3. The summed E-state index contributed by atoms with van der Waals surface area (Å²) in [5, 5.41) is 19.0. The lowest BCUT2D eigenvalue weighted by molar-refractivity contribution is -0.404. The SMILES string of the molecule is CNCc1ccc(CSCCN/C(=C/[N+](=O)[O-])NC)o1.Cl. The van der Waals surface area contributed by atoms with Gasteiger partial charge in [-0.1, -0.05) is 0 Å². The van der Waals surface area contributed by atoms with Gasteiger partial charge in [0.1, 0.15) is 11.5 Å². The van der Waals surface area contributed by atoms with Gasteiger partial charge in [0, 0.05) is 19.3 Å². The first kappa shape index (κ1) is 19.6. The zero-order valence-electron chi connectivity index (χ0n) is 12.0.